The zero-order valence-electron chi connectivity index (χ0n) is 23.4. The first kappa shape index (κ1) is 26.8. The van der Waals surface area contributed by atoms with Crippen LogP contribution in [0.5, 0.6) is 11.5 Å². The van der Waals surface area contributed by atoms with Crippen molar-refractivity contribution in [3.8, 4) is 11.5 Å². The summed E-state index contributed by atoms with van der Waals surface area (Å²) in [4.78, 5) is 16.0. The molecule has 2 aliphatic rings. The summed E-state index contributed by atoms with van der Waals surface area (Å²) in [5.74, 6) is 1.10. The van der Waals surface area contributed by atoms with E-state index in [4.69, 9.17) is 9.47 Å². The Bertz CT molecular complexity index is 1320. The number of rotatable bonds is 9. The quantitative estimate of drug-likeness (QED) is 0.290. The molecule has 204 valence electrons. The van der Waals surface area contributed by atoms with E-state index in [1.165, 1.54) is 24.8 Å². The van der Waals surface area contributed by atoms with Crippen LogP contribution in [0.4, 0.5) is 11.4 Å². The third-order valence-electron chi connectivity index (χ3n) is 7.71. The topological polar surface area (TPSA) is 62.8 Å². The highest BCUT2D eigenvalue weighted by molar-refractivity contribution is 6.37. The largest absolute Gasteiger partial charge is 0.490 e. The number of carbonyl (C=O) groups excluding carboxylic acids is 1. The van der Waals surface area contributed by atoms with E-state index in [1.54, 1.807) is 0 Å². The van der Waals surface area contributed by atoms with Crippen LogP contribution >= 0.6 is 0 Å². The molecule has 0 bridgehead atoms. The van der Waals surface area contributed by atoms with Crippen molar-refractivity contribution in [3.63, 3.8) is 0 Å². The lowest BCUT2D eigenvalue weighted by atomic mass is 9.96. The molecule has 2 N–H and O–H groups in total. The number of hydrogen-bond acceptors (Lipinski definition) is 5. The maximum atomic E-state index is 13.4. The summed E-state index contributed by atoms with van der Waals surface area (Å²) in [5, 5.41) is 6.62. The van der Waals surface area contributed by atoms with Crippen LogP contribution in [0.2, 0.25) is 0 Å². The van der Waals surface area contributed by atoms with E-state index >= 15 is 0 Å². The van der Waals surface area contributed by atoms with Crippen molar-refractivity contribution in [1.82, 2.24) is 4.90 Å². The molecule has 3 aromatic carbocycles. The van der Waals surface area contributed by atoms with Gasteiger partial charge in [0.1, 0.15) is 0 Å². The first-order valence-electron chi connectivity index (χ1n) is 14.1. The van der Waals surface area contributed by atoms with E-state index in [2.05, 4.69) is 53.6 Å². The average Bonchev–Trinajstić information content (AvgIpc) is 3.25. The lowest BCUT2D eigenvalue weighted by Gasteiger charge is -2.39. The Labute approximate surface area is 232 Å². The van der Waals surface area contributed by atoms with Crippen molar-refractivity contribution in [1.29, 1.82) is 0 Å². The number of nitrogens with zero attached hydrogens (tertiary/aromatic N) is 1. The maximum Gasteiger partial charge on any atom is 0.258 e. The van der Waals surface area contributed by atoms with Gasteiger partial charge in [0.15, 0.2) is 11.5 Å². The Hall–Kier alpha value is -3.77. The van der Waals surface area contributed by atoms with Gasteiger partial charge in [0, 0.05) is 35.9 Å². The highest BCUT2D eigenvalue weighted by atomic mass is 16.5. The van der Waals surface area contributed by atoms with Gasteiger partial charge >= 0.3 is 0 Å². The van der Waals surface area contributed by atoms with Crippen molar-refractivity contribution in [2.75, 3.05) is 23.8 Å². The zero-order valence-corrected chi connectivity index (χ0v) is 23.4. The minimum Gasteiger partial charge on any atom is -0.490 e. The molecule has 3 aromatic rings. The number of piperidine rings is 1. The molecule has 39 heavy (non-hydrogen) atoms. The van der Waals surface area contributed by atoms with Crippen LogP contribution in [0.1, 0.15) is 63.6 Å². The molecule has 0 aromatic heterocycles. The summed E-state index contributed by atoms with van der Waals surface area (Å²) in [6, 6.07) is 23.6. The number of nitrogens with one attached hydrogen (secondary N) is 2. The van der Waals surface area contributed by atoms with Crippen molar-refractivity contribution in [3.05, 3.63) is 83.4 Å². The van der Waals surface area contributed by atoms with Crippen LogP contribution in [0.15, 0.2) is 66.7 Å². The molecule has 0 saturated carbocycles. The average molecular weight is 526 g/mol. The Balaban J connectivity index is 1.50. The number of carbonyl (C=O) groups is 1. The third-order valence-corrected chi connectivity index (χ3v) is 7.71. The molecular formula is C33H39N3O3. The van der Waals surface area contributed by atoms with Crippen LogP contribution in [0.25, 0.3) is 11.3 Å². The highest BCUT2D eigenvalue weighted by Gasteiger charge is 2.31. The molecule has 0 spiro atoms. The van der Waals surface area contributed by atoms with Crippen LogP contribution in [0, 0.1) is 0 Å². The number of hydrogen-bond donors (Lipinski definition) is 2. The molecule has 2 heterocycles. The highest BCUT2D eigenvalue weighted by Crippen LogP contribution is 2.43. The Morgan fingerprint density at radius 1 is 0.923 bits per heavy atom. The van der Waals surface area contributed by atoms with Crippen LogP contribution in [-0.2, 0) is 11.3 Å². The number of likely N-dealkylation sites (tertiary alicyclic amines) is 1. The molecule has 0 radical (unpaired) electrons. The molecule has 1 saturated heterocycles. The van der Waals surface area contributed by atoms with Gasteiger partial charge in [-0.2, -0.15) is 0 Å². The van der Waals surface area contributed by atoms with E-state index in [0.29, 0.717) is 42.4 Å². The Morgan fingerprint density at radius 3 is 2.21 bits per heavy atom. The lowest BCUT2D eigenvalue weighted by Crippen LogP contribution is -2.42. The second-order valence-electron chi connectivity index (χ2n) is 10.4. The van der Waals surface area contributed by atoms with Gasteiger partial charge in [-0.3, -0.25) is 9.69 Å². The first-order valence-corrected chi connectivity index (χ1v) is 14.1. The molecule has 6 heteroatoms. The summed E-state index contributed by atoms with van der Waals surface area (Å²) in [6.07, 6.45) is 3.84. The van der Waals surface area contributed by atoms with E-state index in [-0.39, 0.29) is 5.91 Å². The molecule has 5 rings (SSSR count). The molecule has 1 amide bonds. The smallest absolute Gasteiger partial charge is 0.258 e. The van der Waals surface area contributed by atoms with Gasteiger partial charge in [-0.25, -0.2) is 0 Å². The summed E-state index contributed by atoms with van der Waals surface area (Å²) >= 11 is 0. The Morgan fingerprint density at radius 2 is 1.56 bits per heavy atom. The minimum absolute atomic E-state index is 0.155. The second kappa shape index (κ2) is 12.0. The van der Waals surface area contributed by atoms with Crippen molar-refractivity contribution in [2.45, 2.75) is 65.6 Å². The van der Waals surface area contributed by atoms with Crippen molar-refractivity contribution < 1.29 is 14.3 Å². The van der Waals surface area contributed by atoms with Crippen LogP contribution in [0.3, 0.4) is 0 Å². The molecular weight excluding hydrogens is 486 g/mol. The predicted molar refractivity (Wildman–Crippen MR) is 159 cm³/mol. The van der Waals surface area contributed by atoms with Crippen molar-refractivity contribution >= 4 is 28.6 Å². The number of anilines is 2. The fraction of sp³-hybridized carbons (Fsp3) is 0.364. The van der Waals surface area contributed by atoms with Crippen LogP contribution in [-0.4, -0.2) is 36.1 Å². The van der Waals surface area contributed by atoms with Gasteiger partial charge in [-0.15, -0.1) is 0 Å². The number of ether oxygens (including phenoxy) is 2. The molecule has 2 aliphatic heterocycles. The minimum atomic E-state index is -0.155. The summed E-state index contributed by atoms with van der Waals surface area (Å²) in [5.41, 5.74) is 6.01. The maximum absolute atomic E-state index is 13.4. The fourth-order valence-corrected chi connectivity index (χ4v) is 5.68. The molecule has 2 atom stereocenters. The molecule has 2 unspecified atom stereocenters. The van der Waals surface area contributed by atoms with Gasteiger partial charge in [0.2, 0.25) is 0 Å². The fourth-order valence-electron chi connectivity index (χ4n) is 5.68. The SMILES string of the molecule is CCOc1cc2c(cc1OCC)/C(=C(/Nc1ccc(CN3C(C)CCCC3C)cc1)c1ccccc1)C(=O)N2. The zero-order chi connectivity index (χ0) is 27.4. The van der Waals surface area contributed by atoms with E-state index in [1.807, 2.05) is 56.3 Å². The van der Waals surface area contributed by atoms with Crippen molar-refractivity contribution in [2.24, 2.45) is 0 Å². The number of benzene rings is 3. The third kappa shape index (κ3) is 5.81. The molecule has 1 fully saturated rings. The van der Waals surface area contributed by atoms with Gasteiger partial charge < -0.3 is 20.1 Å². The van der Waals surface area contributed by atoms with Crippen LogP contribution < -0.4 is 20.1 Å². The predicted octanol–water partition coefficient (Wildman–Crippen LogP) is 7.18. The second-order valence-corrected chi connectivity index (χ2v) is 10.4. The normalized spacial score (nSPS) is 20.3. The number of amides is 1. The van der Waals surface area contributed by atoms with E-state index in [9.17, 15) is 4.79 Å². The molecule has 0 aliphatic carbocycles. The molecule has 6 nitrogen and oxygen atoms in total. The monoisotopic (exact) mass is 525 g/mol. The lowest BCUT2D eigenvalue weighted by molar-refractivity contribution is -0.110. The summed E-state index contributed by atoms with van der Waals surface area (Å²) < 4.78 is 11.7. The standard InChI is InChI=1S/C33H39N3O3/c1-5-38-29-19-27-28(20-30(29)39-6-2)35-33(37)31(27)32(25-13-8-7-9-14-25)34-26-17-15-24(16-18-26)21-36-22(3)11-10-12-23(36)4/h7-9,13-20,22-23,34H,5-6,10-12,21H2,1-4H3,(H,35,37)/b32-31-. The Kier molecular flexibility index (Phi) is 8.22. The van der Waals surface area contributed by atoms with Gasteiger partial charge in [0.25, 0.3) is 5.91 Å². The summed E-state index contributed by atoms with van der Waals surface area (Å²) in [6.45, 7) is 10.5. The van der Waals surface area contributed by atoms with Gasteiger partial charge in [-0.1, -0.05) is 48.9 Å². The van der Waals surface area contributed by atoms with E-state index in [0.717, 1.165) is 34.7 Å². The first-order chi connectivity index (χ1) is 19.0. The van der Waals surface area contributed by atoms with E-state index < -0.39 is 0 Å². The summed E-state index contributed by atoms with van der Waals surface area (Å²) in [7, 11) is 0. The van der Waals surface area contributed by atoms with Gasteiger partial charge in [0.05, 0.1) is 30.2 Å². The number of fused-ring (bicyclic) bond motifs is 1. The van der Waals surface area contributed by atoms with Gasteiger partial charge in [-0.05, 0) is 69.9 Å².